The van der Waals surface area contributed by atoms with E-state index in [4.69, 9.17) is 0 Å². The number of halogens is 2. The van der Waals surface area contributed by atoms with E-state index in [9.17, 15) is 18.7 Å². The predicted molar refractivity (Wildman–Crippen MR) is 74.8 cm³/mol. The summed E-state index contributed by atoms with van der Waals surface area (Å²) >= 11 is 0. The maximum atomic E-state index is 13.1. The Morgan fingerprint density at radius 2 is 1.90 bits per heavy atom. The van der Waals surface area contributed by atoms with Crippen LogP contribution < -0.4 is 0 Å². The fourth-order valence-corrected chi connectivity index (χ4v) is 2.44. The van der Waals surface area contributed by atoms with Gasteiger partial charge in [-0.25, -0.2) is 8.78 Å². The van der Waals surface area contributed by atoms with Crippen LogP contribution in [0.15, 0.2) is 18.2 Å². The average molecular weight is 298 g/mol. The van der Waals surface area contributed by atoms with Gasteiger partial charge < -0.3 is 10.0 Å². The van der Waals surface area contributed by atoms with Crippen LogP contribution in [0, 0.1) is 11.6 Å². The molecular weight excluding hydrogens is 278 g/mol. The van der Waals surface area contributed by atoms with Crippen molar-refractivity contribution in [3.8, 4) is 0 Å². The van der Waals surface area contributed by atoms with Crippen LogP contribution >= 0.6 is 0 Å². The van der Waals surface area contributed by atoms with Gasteiger partial charge in [-0.2, -0.15) is 0 Å². The van der Waals surface area contributed by atoms with Gasteiger partial charge in [0.05, 0.1) is 0 Å². The van der Waals surface area contributed by atoms with E-state index in [1.807, 2.05) is 0 Å². The normalized spacial score (nSPS) is 17.8. The molecule has 1 N–H and O–H groups in total. The molecule has 6 heteroatoms. The van der Waals surface area contributed by atoms with Gasteiger partial charge in [0.25, 0.3) is 5.91 Å². The van der Waals surface area contributed by atoms with Crippen molar-refractivity contribution in [3.63, 3.8) is 0 Å². The number of aliphatic hydroxyl groups is 1. The molecule has 4 nitrogen and oxygen atoms in total. The number of rotatable bonds is 4. The van der Waals surface area contributed by atoms with Crippen molar-refractivity contribution in [1.29, 1.82) is 0 Å². The van der Waals surface area contributed by atoms with E-state index in [1.54, 1.807) is 11.0 Å². The molecule has 116 valence electrons. The number of carbonyl (C=O) groups is 1. The number of benzene rings is 1. The van der Waals surface area contributed by atoms with E-state index in [0.29, 0.717) is 19.5 Å². The minimum atomic E-state index is -0.959. The molecular formula is C15H20F2N2O2. The zero-order valence-corrected chi connectivity index (χ0v) is 12.1. The van der Waals surface area contributed by atoms with E-state index in [1.165, 1.54) is 13.0 Å². The molecule has 2 rings (SSSR count). The zero-order valence-electron chi connectivity index (χ0n) is 12.1. The first-order valence-electron chi connectivity index (χ1n) is 7.10. The molecule has 0 spiro atoms. The van der Waals surface area contributed by atoms with Crippen LogP contribution in [-0.2, 0) is 11.2 Å². The highest BCUT2D eigenvalue weighted by Crippen LogP contribution is 2.11. The Morgan fingerprint density at radius 3 is 2.48 bits per heavy atom. The Labute approximate surface area is 123 Å². The Hall–Kier alpha value is -1.53. The van der Waals surface area contributed by atoms with Gasteiger partial charge in [0.1, 0.15) is 6.10 Å². The number of piperazine rings is 1. The first-order valence-corrected chi connectivity index (χ1v) is 7.10. The quantitative estimate of drug-likeness (QED) is 0.903. The smallest absolute Gasteiger partial charge is 0.251 e. The summed E-state index contributed by atoms with van der Waals surface area (Å²) in [5.41, 5.74) is 0.761. The standard InChI is InChI=1S/C15H20F2N2O2/c1-11(20)15(21)19-8-6-18(7-9-19)5-4-12-2-3-13(16)14(17)10-12/h2-3,10-11,20H,4-9H2,1H3. The molecule has 1 heterocycles. The van der Waals surface area contributed by atoms with Gasteiger partial charge in [-0.05, 0) is 31.0 Å². The molecule has 1 saturated heterocycles. The third kappa shape index (κ3) is 4.22. The number of amides is 1. The lowest BCUT2D eigenvalue weighted by Gasteiger charge is -2.35. The lowest BCUT2D eigenvalue weighted by molar-refractivity contribution is -0.141. The molecule has 1 aromatic carbocycles. The summed E-state index contributed by atoms with van der Waals surface area (Å²) in [4.78, 5) is 15.5. The lowest BCUT2D eigenvalue weighted by atomic mass is 10.1. The minimum absolute atomic E-state index is 0.241. The zero-order chi connectivity index (χ0) is 15.4. The Kier molecular flexibility index (Phi) is 5.25. The molecule has 1 aromatic rings. The number of aliphatic hydroxyl groups excluding tert-OH is 1. The maximum Gasteiger partial charge on any atom is 0.251 e. The SMILES string of the molecule is CC(O)C(=O)N1CCN(CCc2ccc(F)c(F)c2)CC1. The monoisotopic (exact) mass is 298 g/mol. The van der Waals surface area contributed by atoms with Crippen LogP contribution in [-0.4, -0.2) is 59.6 Å². The van der Waals surface area contributed by atoms with Crippen molar-refractivity contribution in [2.45, 2.75) is 19.4 Å². The van der Waals surface area contributed by atoms with E-state index in [0.717, 1.165) is 31.3 Å². The fraction of sp³-hybridized carbons (Fsp3) is 0.533. The molecule has 1 amide bonds. The topological polar surface area (TPSA) is 43.8 Å². The Balaban J connectivity index is 1.78. The summed E-state index contributed by atoms with van der Waals surface area (Å²) in [6.45, 7) is 4.83. The highest BCUT2D eigenvalue weighted by atomic mass is 19.2. The summed E-state index contributed by atoms with van der Waals surface area (Å²) in [6.07, 6.45) is -0.319. The summed E-state index contributed by atoms with van der Waals surface area (Å²) in [5, 5.41) is 9.27. The van der Waals surface area contributed by atoms with Gasteiger partial charge in [-0.1, -0.05) is 6.07 Å². The number of hydrogen-bond acceptors (Lipinski definition) is 3. The van der Waals surface area contributed by atoms with Gasteiger partial charge in [-0.3, -0.25) is 9.69 Å². The second-order valence-electron chi connectivity index (χ2n) is 5.34. The highest BCUT2D eigenvalue weighted by Gasteiger charge is 2.23. The molecule has 0 bridgehead atoms. The Morgan fingerprint density at radius 1 is 1.24 bits per heavy atom. The number of nitrogens with zero attached hydrogens (tertiary/aromatic N) is 2. The minimum Gasteiger partial charge on any atom is -0.384 e. The first-order chi connectivity index (χ1) is 9.97. The van der Waals surface area contributed by atoms with Crippen molar-refractivity contribution in [2.24, 2.45) is 0 Å². The van der Waals surface area contributed by atoms with Crippen LogP contribution in [0.25, 0.3) is 0 Å². The lowest BCUT2D eigenvalue weighted by Crippen LogP contribution is -2.51. The number of hydrogen-bond donors (Lipinski definition) is 1. The fourth-order valence-electron chi connectivity index (χ4n) is 2.44. The first kappa shape index (κ1) is 15.9. The maximum absolute atomic E-state index is 13.1. The second kappa shape index (κ2) is 6.95. The molecule has 0 radical (unpaired) electrons. The molecule has 1 aliphatic rings. The Bertz CT molecular complexity index is 500. The van der Waals surface area contributed by atoms with E-state index < -0.39 is 17.7 Å². The summed E-state index contributed by atoms with van der Waals surface area (Å²) in [6, 6.07) is 3.96. The molecule has 1 atom stereocenters. The number of carbonyl (C=O) groups excluding carboxylic acids is 1. The summed E-state index contributed by atoms with van der Waals surface area (Å²) in [7, 11) is 0. The van der Waals surface area contributed by atoms with Crippen LogP contribution in [0.5, 0.6) is 0 Å². The average Bonchev–Trinajstić information content (AvgIpc) is 2.48. The van der Waals surface area contributed by atoms with Gasteiger partial charge in [0.2, 0.25) is 0 Å². The van der Waals surface area contributed by atoms with Gasteiger partial charge in [0, 0.05) is 32.7 Å². The van der Waals surface area contributed by atoms with Crippen molar-refractivity contribution < 1.29 is 18.7 Å². The molecule has 0 aromatic heterocycles. The van der Waals surface area contributed by atoms with Crippen molar-refractivity contribution in [3.05, 3.63) is 35.4 Å². The second-order valence-corrected chi connectivity index (χ2v) is 5.34. The van der Waals surface area contributed by atoms with E-state index in [-0.39, 0.29) is 5.91 Å². The van der Waals surface area contributed by atoms with Crippen LogP contribution in [0.2, 0.25) is 0 Å². The molecule has 1 aliphatic heterocycles. The summed E-state index contributed by atoms with van der Waals surface area (Å²) < 4.78 is 25.9. The molecule has 21 heavy (non-hydrogen) atoms. The highest BCUT2D eigenvalue weighted by molar-refractivity contribution is 5.80. The third-order valence-corrected chi connectivity index (χ3v) is 3.74. The van der Waals surface area contributed by atoms with Crippen LogP contribution in [0.4, 0.5) is 8.78 Å². The largest absolute Gasteiger partial charge is 0.384 e. The van der Waals surface area contributed by atoms with Gasteiger partial charge in [0.15, 0.2) is 11.6 Å². The van der Waals surface area contributed by atoms with Crippen LogP contribution in [0.1, 0.15) is 12.5 Å². The summed E-state index contributed by atoms with van der Waals surface area (Å²) in [5.74, 6) is -1.89. The molecule has 1 fully saturated rings. The van der Waals surface area contributed by atoms with Crippen molar-refractivity contribution in [1.82, 2.24) is 9.80 Å². The van der Waals surface area contributed by atoms with E-state index in [2.05, 4.69) is 4.90 Å². The van der Waals surface area contributed by atoms with Crippen molar-refractivity contribution >= 4 is 5.91 Å². The van der Waals surface area contributed by atoms with Gasteiger partial charge in [-0.15, -0.1) is 0 Å². The van der Waals surface area contributed by atoms with Crippen LogP contribution in [0.3, 0.4) is 0 Å². The molecule has 1 unspecified atom stereocenters. The van der Waals surface area contributed by atoms with Crippen molar-refractivity contribution in [2.75, 3.05) is 32.7 Å². The molecule has 0 saturated carbocycles. The third-order valence-electron chi connectivity index (χ3n) is 3.74. The predicted octanol–water partition coefficient (Wildman–Crippen LogP) is 1.03. The van der Waals surface area contributed by atoms with E-state index >= 15 is 0 Å². The molecule has 0 aliphatic carbocycles. The van der Waals surface area contributed by atoms with Gasteiger partial charge >= 0.3 is 0 Å².